The van der Waals surface area contributed by atoms with E-state index in [0.717, 1.165) is 52.2 Å². The largest absolute Gasteiger partial charge is 0.383 e. The number of nitrogens with zero attached hydrogens (tertiary/aromatic N) is 3. The molecule has 18 heteroatoms. The van der Waals surface area contributed by atoms with Gasteiger partial charge in [0.2, 0.25) is 35.4 Å². The minimum Gasteiger partial charge on any atom is -0.383 e. The van der Waals surface area contributed by atoms with Gasteiger partial charge in [0, 0.05) is 86.9 Å². The van der Waals surface area contributed by atoms with Crippen LogP contribution in [0.15, 0.2) is 60.9 Å². The second-order valence-electron chi connectivity index (χ2n) is 19.8. The van der Waals surface area contributed by atoms with E-state index < -0.39 is 71.3 Å². The van der Waals surface area contributed by atoms with Gasteiger partial charge < -0.3 is 56.0 Å². The fourth-order valence-electron chi connectivity index (χ4n) is 11.7. The molecular weight excluding hydrogens is 881 g/mol. The summed E-state index contributed by atoms with van der Waals surface area (Å²) in [6, 6.07) is 9.37. The predicted molar refractivity (Wildman–Crippen MR) is 257 cm³/mol. The highest BCUT2D eigenvalue weighted by molar-refractivity contribution is 6.00. The van der Waals surface area contributed by atoms with Gasteiger partial charge in [0.1, 0.15) is 35.7 Å². The summed E-state index contributed by atoms with van der Waals surface area (Å²) in [5, 5.41) is 16.8. The van der Waals surface area contributed by atoms with Crippen LogP contribution in [0.25, 0.3) is 21.8 Å². The van der Waals surface area contributed by atoms with Crippen molar-refractivity contribution in [2.24, 2.45) is 5.92 Å². The van der Waals surface area contributed by atoms with E-state index in [9.17, 15) is 19.2 Å². The van der Waals surface area contributed by atoms with Crippen LogP contribution in [0.4, 0.5) is 4.79 Å². The molecule has 2 aromatic carbocycles. The van der Waals surface area contributed by atoms with Crippen molar-refractivity contribution in [3.8, 4) is 0 Å². The van der Waals surface area contributed by atoms with E-state index in [2.05, 4.69) is 36.6 Å². The lowest BCUT2D eigenvalue weighted by Crippen LogP contribution is -2.65. The average Bonchev–Trinajstić information content (AvgIpc) is 4.23. The molecule has 4 aromatic rings. The van der Waals surface area contributed by atoms with Crippen molar-refractivity contribution in [3.63, 3.8) is 0 Å². The van der Waals surface area contributed by atoms with Crippen molar-refractivity contribution < 1.29 is 38.3 Å². The van der Waals surface area contributed by atoms with Crippen LogP contribution < -0.4 is 26.6 Å². The number of carbonyl (C=O) groups is 7. The van der Waals surface area contributed by atoms with Gasteiger partial charge in [-0.15, -0.1) is 0 Å². The molecule has 3 saturated heterocycles. The number of methoxy groups -OCH3 is 1. The fraction of sp³-hybridized carbons (Fsp3) is 0.549. The number of urea groups is 1. The van der Waals surface area contributed by atoms with Crippen LogP contribution in [0.2, 0.25) is 0 Å². The molecule has 1 spiro atoms. The Morgan fingerprint density at radius 2 is 1.38 bits per heavy atom. The Morgan fingerprint density at radius 3 is 2.06 bits per heavy atom. The summed E-state index contributed by atoms with van der Waals surface area (Å²) < 4.78 is 5.13. The number of benzene rings is 2. The summed E-state index contributed by atoms with van der Waals surface area (Å²) in [4.78, 5) is 115. The van der Waals surface area contributed by atoms with Crippen molar-refractivity contribution in [3.05, 3.63) is 72.1 Å². The molecule has 2 aliphatic carbocycles. The molecule has 2 aromatic heterocycles. The Hall–Kier alpha value is -6.43. The molecule has 5 fully saturated rings. The molecule has 7 N–H and O–H groups in total. The van der Waals surface area contributed by atoms with Crippen LogP contribution in [-0.4, -0.2) is 148 Å². The second kappa shape index (κ2) is 20.7. The summed E-state index contributed by atoms with van der Waals surface area (Å²) >= 11 is 0. The first-order valence-corrected chi connectivity index (χ1v) is 24.9. The Bertz CT molecular complexity index is 2570. The molecule has 3 aliphatic heterocycles. The van der Waals surface area contributed by atoms with Crippen LogP contribution in [0.3, 0.4) is 0 Å². The van der Waals surface area contributed by atoms with Crippen molar-refractivity contribution in [2.75, 3.05) is 40.4 Å². The fourth-order valence-corrected chi connectivity index (χ4v) is 11.7. The lowest BCUT2D eigenvalue weighted by Gasteiger charge is -2.38. The molecule has 9 rings (SSSR count). The Labute approximate surface area is 401 Å². The van der Waals surface area contributed by atoms with E-state index in [1.54, 1.807) is 25.3 Å². The van der Waals surface area contributed by atoms with E-state index in [1.807, 2.05) is 54.7 Å². The molecule has 5 aliphatic rings. The lowest BCUT2D eigenvalue weighted by atomic mass is 9.84. The van der Waals surface area contributed by atoms with Gasteiger partial charge in [-0.2, -0.15) is 0 Å². The van der Waals surface area contributed by atoms with E-state index in [4.69, 9.17) is 4.74 Å². The zero-order chi connectivity index (χ0) is 48.2. The average molecular weight is 947 g/mol. The van der Waals surface area contributed by atoms with Gasteiger partial charge >= 0.3 is 6.03 Å². The molecule has 7 atom stereocenters. The molecular formula is C51H66N10O8. The Kier molecular flexibility index (Phi) is 14.3. The molecule has 0 bridgehead atoms. The first kappa shape index (κ1) is 47.6. The highest BCUT2D eigenvalue weighted by atomic mass is 16.5. The molecule has 69 heavy (non-hydrogen) atoms. The van der Waals surface area contributed by atoms with Gasteiger partial charge in [-0.05, 0) is 80.5 Å². The number of rotatable bonds is 10. The Balaban J connectivity index is 1.10. The van der Waals surface area contributed by atoms with Crippen LogP contribution in [0.5, 0.6) is 0 Å². The number of aromatic nitrogens is 2. The summed E-state index contributed by atoms with van der Waals surface area (Å²) in [6.45, 7) is 0.911. The lowest BCUT2D eigenvalue weighted by molar-refractivity contribution is -0.150. The normalized spacial score (nSPS) is 26.7. The third kappa shape index (κ3) is 9.90. The van der Waals surface area contributed by atoms with Gasteiger partial charge in [0.05, 0.1) is 6.61 Å². The third-order valence-electron chi connectivity index (χ3n) is 15.5. The van der Waals surface area contributed by atoms with Crippen LogP contribution >= 0.6 is 0 Å². The van der Waals surface area contributed by atoms with E-state index >= 15 is 14.4 Å². The summed E-state index contributed by atoms with van der Waals surface area (Å²) in [5.41, 5.74) is 1.83. The SMILES string of the molecule is COCCN(C)C(=O)NCC[C@@H]1NC(=O)[C@H](Cc2c[nH]c3ccccc23)NC(=O)C2(CCCC2)NC(=O)[C@H](Cc2c[nH]c3ccccc23)NC(=O)[C@H]2C[C@H]3CCCC[C@H]3N2C(=O)[C@H]2CCCN2C1=O. The number of H-pyrrole nitrogens is 2. The summed E-state index contributed by atoms with van der Waals surface area (Å²) in [6.07, 6.45) is 10.3. The molecule has 0 unspecified atom stereocenters. The van der Waals surface area contributed by atoms with Gasteiger partial charge in [-0.1, -0.05) is 62.1 Å². The molecule has 0 radical (unpaired) electrons. The quantitative estimate of drug-likeness (QED) is 0.125. The number of para-hydroxylation sites is 2. The number of nitrogens with one attached hydrogen (secondary N) is 7. The van der Waals surface area contributed by atoms with Crippen LogP contribution in [0.1, 0.15) is 88.2 Å². The number of hydrogen-bond donors (Lipinski definition) is 7. The number of carbonyl (C=O) groups excluding carboxylic acids is 7. The standard InChI is InChI=1S/C51H66N10O8/c1-59(24-25-69-2)50(68)52-22-19-38-47(65)60-23-11-18-42(60)48(66)61-41-17-8-3-12-31(41)28-43(61)46(64)56-40(27-33-30-54-37-16-7-5-14-35(33)37)45(63)58-51(20-9-10-21-51)49(67)57-39(44(62)55-38)26-32-29-53-36-15-6-4-13-34(32)36/h4-7,13-16,29-31,38-43,53-54H,3,8-12,17-28H2,1-2H3,(H,52,68)(H,55,62)(H,56,64)(H,57,67)(H,58,63)/t31-,38+,39+,40+,41-,42-,43-/m1/s1. The van der Waals surface area contributed by atoms with Gasteiger partial charge in [0.15, 0.2) is 0 Å². The number of amides is 8. The van der Waals surface area contributed by atoms with Gasteiger partial charge in [0.25, 0.3) is 0 Å². The maximum Gasteiger partial charge on any atom is 0.317 e. The number of hydrogen-bond acceptors (Lipinski definition) is 8. The number of fused-ring (bicyclic) bond motifs is 6. The Morgan fingerprint density at radius 1 is 0.739 bits per heavy atom. The topological polar surface area (TPSA) is 230 Å². The second-order valence-corrected chi connectivity index (χ2v) is 19.8. The molecule has 18 nitrogen and oxygen atoms in total. The minimum atomic E-state index is -1.42. The maximum atomic E-state index is 15.2. The van der Waals surface area contributed by atoms with Crippen molar-refractivity contribution in [1.29, 1.82) is 0 Å². The van der Waals surface area contributed by atoms with Crippen molar-refractivity contribution in [2.45, 2.75) is 132 Å². The van der Waals surface area contributed by atoms with Gasteiger partial charge in [-0.25, -0.2) is 4.79 Å². The van der Waals surface area contributed by atoms with Crippen molar-refractivity contribution >= 4 is 63.3 Å². The molecule has 368 valence electrons. The first-order chi connectivity index (χ1) is 33.4. The number of likely N-dealkylation sites (N-methyl/N-ethyl adjacent to an activating group) is 1. The minimum absolute atomic E-state index is 0.00571. The first-order valence-electron chi connectivity index (χ1n) is 24.9. The van der Waals surface area contributed by atoms with Crippen LogP contribution in [0, 0.1) is 5.92 Å². The highest BCUT2D eigenvalue weighted by Gasteiger charge is 2.52. The van der Waals surface area contributed by atoms with E-state index in [1.165, 1.54) is 9.80 Å². The van der Waals surface area contributed by atoms with Crippen LogP contribution in [-0.2, 0) is 46.3 Å². The zero-order valence-corrected chi connectivity index (χ0v) is 39.7. The molecule has 8 amide bonds. The zero-order valence-electron chi connectivity index (χ0n) is 39.7. The third-order valence-corrected chi connectivity index (χ3v) is 15.5. The predicted octanol–water partition coefficient (Wildman–Crippen LogP) is 3.16. The smallest absolute Gasteiger partial charge is 0.317 e. The monoisotopic (exact) mass is 947 g/mol. The molecule has 2 saturated carbocycles. The molecule has 5 heterocycles. The summed E-state index contributed by atoms with van der Waals surface area (Å²) in [5.74, 6) is -2.91. The van der Waals surface area contributed by atoms with E-state index in [-0.39, 0.29) is 50.2 Å². The van der Waals surface area contributed by atoms with Crippen molar-refractivity contribution in [1.82, 2.24) is 51.3 Å². The van der Waals surface area contributed by atoms with Gasteiger partial charge in [-0.3, -0.25) is 28.8 Å². The number of ether oxygens (including phenoxy) is 1. The summed E-state index contributed by atoms with van der Waals surface area (Å²) in [7, 11) is 3.17. The van der Waals surface area contributed by atoms with E-state index in [0.29, 0.717) is 64.5 Å². The highest BCUT2D eigenvalue weighted by Crippen LogP contribution is 2.41. The maximum absolute atomic E-state index is 15.2. The number of aromatic amines is 2.